The molecule has 0 bridgehead atoms. The van der Waals surface area contributed by atoms with Gasteiger partial charge >= 0.3 is 0 Å². The van der Waals surface area contributed by atoms with Gasteiger partial charge in [0, 0.05) is 18.9 Å². The van der Waals surface area contributed by atoms with E-state index in [-0.39, 0.29) is 0 Å². The summed E-state index contributed by atoms with van der Waals surface area (Å²) in [6.07, 6.45) is 8.08. The van der Waals surface area contributed by atoms with Crippen molar-refractivity contribution in [1.82, 2.24) is 14.5 Å². The minimum absolute atomic E-state index is 0.897. The van der Waals surface area contributed by atoms with E-state index < -0.39 is 0 Å². The molecule has 0 aliphatic heterocycles. The van der Waals surface area contributed by atoms with Gasteiger partial charge in [-0.2, -0.15) is 0 Å². The van der Waals surface area contributed by atoms with E-state index in [0.717, 1.165) is 35.9 Å². The molecule has 0 fully saturated rings. The summed E-state index contributed by atoms with van der Waals surface area (Å²) in [6, 6.07) is 2.11. The van der Waals surface area contributed by atoms with Crippen molar-refractivity contribution in [3.8, 4) is 5.69 Å². The Morgan fingerprint density at radius 2 is 2.11 bits per heavy atom. The maximum absolute atomic E-state index is 4.51. The van der Waals surface area contributed by atoms with E-state index in [4.69, 9.17) is 0 Å². The topological polar surface area (TPSA) is 42.7 Å². The van der Waals surface area contributed by atoms with Crippen molar-refractivity contribution in [2.75, 3.05) is 11.9 Å². The predicted octanol–water partition coefficient (Wildman–Crippen LogP) is 3.10. The van der Waals surface area contributed by atoms with Crippen molar-refractivity contribution in [2.24, 2.45) is 0 Å². The Morgan fingerprint density at radius 1 is 1.28 bits per heavy atom. The van der Waals surface area contributed by atoms with Gasteiger partial charge in [0.25, 0.3) is 0 Å². The molecule has 2 heterocycles. The zero-order valence-corrected chi connectivity index (χ0v) is 11.3. The number of unbranched alkanes of at least 4 members (excludes halogenated alkanes) is 1. The quantitative estimate of drug-likeness (QED) is 0.822. The van der Waals surface area contributed by atoms with Gasteiger partial charge in [-0.15, -0.1) is 0 Å². The Balaban J connectivity index is 2.26. The maximum atomic E-state index is 4.51. The summed E-state index contributed by atoms with van der Waals surface area (Å²) in [5.74, 6) is 0.897. The number of pyridine rings is 1. The number of aromatic nitrogens is 3. The van der Waals surface area contributed by atoms with E-state index in [1.54, 1.807) is 0 Å². The third-order valence-electron chi connectivity index (χ3n) is 2.78. The Kier molecular flexibility index (Phi) is 3.97. The molecule has 4 heteroatoms. The van der Waals surface area contributed by atoms with Gasteiger partial charge in [0.05, 0.1) is 17.6 Å². The minimum Gasteiger partial charge on any atom is -0.355 e. The lowest BCUT2D eigenvalue weighted by atomic mass is 10.3. The molecule has 0 aliphatic carbocycles. The molecule has 0 spiro atoms. The largest absolute Gasteiger partial charge is 0.355 e. The molecule has 0 radical (unpaired) electrons. The van der Waals surface area contributed by atoms with Gasteiger partial charge in [0.1, 0.15) is 0 Å². The fourth-order valence-corrected chi connectivity index (χ4v) is 1.87. The second kappa shape index (κ2) is 5.67. The lowest BCUT2D eigenvalue weighted by molar-refractivity contribution is 0.822. The van der Waals surface area contributed by atoms with Gasteiger partial charge in [0.2, 0.25) is 5.95 Å². The number of hydrogen-bond donors (Lipinski definition) is 1. The summed E-state index contributed by atoms with van der Waals surface area (Å²) >= 11 is 0. The van der Waals surface area contributed by atoms with Crippen molar-refractivity contribution < 1.29 is 0 Å². The number of nitrogens with one attached hydrogen (secondary N) is 1. The predicted molar refractivity (Wildman–Crippen MR) is 74.2 cm³/mol. The van der Waals surface area contributed by atoms with Crippen molar-refractivity contribution in [3.05, 3.63) is 35.9 Å². The number of rotatable bonds is 5. The normalized spacial score (nSPS) is 10.6. The Bertz CT molecular complexity index is 516. The van der Waals surface area contributed by atoms with Crippen molar-refractivity contribution in [3.63, 3.8) is 0 Å². The van der Waals surface area contributed by atoms with Gasteiger partial charge < -0.3 is 5.32 Å². The van der Waals surface area contributed by atoms with Gasteiger partial charge in [-0.05, 0) is 31.9 Å². The van der Waals surface area contributed by atoms with Gasteiger partial charge in [-0.25, -0.2) is 4.98 Å². The van der Waals surface area contributed by atoms with Crippen LogP contribution in [0.4, 0.5) is 5.95 Å². The SMILES string of the molecule is CCCCNc1nc(C)cn1-c1cncc(C)c1. The van der Waals surface area contributed by atoms with E-state index >= 15 is 0 Å². The molecule has 0 atom stereocenters. The highest BCUT2D eigenvalue weighted by Crippen LogP contribution is 2.16. The highest BCUT2D eigenvalue weighted by Gasteiger charge is 2.07. The molecule has 0 saturated carbocycles. The van der Waals surface area contributed by atoms with Crippen LogP contribution in [0.2, 0.25) is 0 Å². The molecule has 2 aromatic rings. The first-order valence-corrected chi connectivity index (χ1v) is 6.42. The van der Waals surface area contributed by atoms with Crippen LogP contribution < -0.4 is 5.32 Å². The van der Waals surface area contributed by atoms with E-state index in [9.17, 15) is 0 Å². The number of imidazole rings is 1. The lowest BCUT2D eigenvalue weighted by Gasteiger charge is -2.09. The molecular formula is C14H20N4. The first-order valence-electron chi connectivity index (χ1n) is 6.42. The molecule has 2 rings (SSSR count). The van der Waals surface area contributed by atoms with Crippen LogP contribution in [-0.2, 0) is 0 Å². The van der Waals surface area contributed by atoms with Crippen LogP contribution >= 0.6 is 0 Å². The molecule has 4 nitrogen and oxygen atoms in total. The molecule has 0 aromatic carbocycles. The van der Waals surface area contributed by atoms with Crippen molar-refractivity contribution in [1.29, 1.82) is 0 Å². The first kappa shape index (κ1) is 12.6. The smallest absolute Gasteiger partial charge is 0.207 e. The zero-order valence-electron chi connectivity index (χ0n) is 11.3. The summed E-state index contributed by atoms with van der Waals surface area (Å²) < 4.78 is 2.06. The number of nitrogens with zero attached hydrogens (tertiary/aromatic N) is 3. The highest BCUT2D eigenvalue weighted by molar-refractivity contribution is 5.42. The molecule has 2 aromatic heterocycles. The molecule has 18 heavy (non-hydrogen) atoms. The molecule has 0 amide bonds. The van der Waals surface area contributed by atoms with Crippen LogP contribution in [0.1, 0.15) is 31.0 Å². The van der Waals surface area contributed by atoms with E-state index in [1.165, 1.54) is 6.42 Å². The minimum atomic E-state index is 0.897. The zero-order chi connectivity index (χ0) is 13.0. The molecule has 1 N–H and O–H groups in total. The lowest BCUT2D eigenvalue weighted by Crippen LogP contribution is -2.07. The number of aryl methyl sites for hydroxylation is 2. The second-order valence-corrected chi connectivity index (χ2v) is 4.58. The third-order valence-corrected chi connectivity index (χ3v) is 2.78. The van der Waals surface area contributed by atoms with Crippen LogP contribution in [0.5, 0.6) is 0 Å². The Hall–Kier alpha value is -1.84. The summed E-state index contributed by atoms with van der Waals surface area (Å²) in [5.41, 5.74) is 3.21. The van der Waals surface area contributed by atoms with Gasteiger partial charge in [0.15, 0.2) is 0 Å². The number of hydrogen-bond acceptors (Lipinski definition) is 3. The van der Waals surface area contributed by atoms with Crippen LogP contribution in [0.15, 0.2) is 24.7 Å². The standard InChI is InChI=1S/C14H20N4/c1-4-5-6-16-14-17-12(3)10-18(14)13-7-11(2)8-15-9-13/h7-10H,4-6H2,1-3H3,(H,16,17). The second-order valence-electron chi connectivity index (χ2n) is 4.58. The number of anilines is 1. The Morgan fingerprint density at radius 3 is 2.83 bits per heavy atom. The van der Waals surface area contributed by atoms with E-state index in [2.05, 4.69) is 32.8 Å². The Labute approximate surface area is 108 Å². The first-order chi connectivity index (χ1) is 8.70. The maximum Gasteiger partial charge on any atom is 0.207 e. The van der Waals surface area contributed by atoms with Gasteiger partial charge in [-0.3, -0.25) is 9.55 Å². The molecular weight excluding hydrogens is 224 g/mol. The van der Waals surface area contributed by atoms with Crippen LogP contribution in [0.25, 0.3) is 5.69 Å². The van der Waals surface area contributed by atoms with E-state index in [1.807, 2.05) is 32.4 Å². The fraction of sp³-hybridized carbons (Fsp3) is 0.429. The van der Waals surface area contributed by atoms with Gasteiger partial charge in [-0.1, -0.05) is 13.3 Å². The van der Waals surface area contributed by atoms with Crippen molar-refractivity contribution >= 4 is 5.95 Å². The monoisotopic (exact) mass is 244 g/mol. The third kappa shape index (κ3) is 2.88. The van der Waals surface area contributed by atoms with Crippen LogP contribution in [0.3, 0.4) is 0 Å². The molecule has 96 valence electrons. The molecule has 0 aliphatic rings. The van der Waals surface area contributed by atoms with Crippen LogP contribution in [0, 0.1) is 13.8 Å². The fourth-order valence-electron chi connectivity index (χ4n) is 1.87. The average molecular weight is 244 g/mol. The molecule has 0 saturated heterocycles. The van der Waals surface area contributed by atoms with Crippen LogP contribution in [-0.4, -0.2) is 21.1 Å². The van der Waals surface area contributed by atoms with Crippen molar-refractivity contribution in [2.45, 2.75) is 33.6 Å². The summed E-state index contributed by atoms with van der Waals surface area (Å²) in [6.45, 7) is 7.19. The molecule has 0 unspecified atom stereocenters. The van der Waals surface area contributed by atoms with E-state index in [0.29, 0.717) is 0 Å². The summed E-state index contributed by atoms with van der Waals surface area (Å²) in [4.78, 5) is 8.74. The highest BCUT2D eigenvalue weighted by atomic mass is 15.2. The summed E-state index contributed by atoms with van der Waals surface area (Å²) in [7, 11) is 0. The average Bonchev–Trinajstić information content (AvgIpc) is 2.71. The summed E-state index contributed by atoms with van der Waals surface area (Å²) in [5, 5.41) is 3.38.